The predicted octanol–water partition coefficient (Wildman–Crippen LogP) is 4.08. The number of carbonyl (C=O) groups is 1. The number of thioether (sulfide) groups is 1. The summed E-state index contributed by atoms with van der Waals surface area (Å²) in [6.07, 6.45) is 1.62. The zero-order chi connectivity index (χ0) is 20.1. The lowest BCUT2D eigenvalue weighted by molar-refractivity contribution is 0.0433. The standard InChI is InChI=1S/C20H16N4O4S/c1-13-10-15(24-28-13)12-29-19-16(8-5-9-21-19)20(25)26-11-17-22-23-18(27-17)14-6-3-2-4-7-14/h2-10H,11-12H2,1H3. The number of benzene rings is 1. The van der Waals surface area contributed by atoms with Crippen molar-refractivity contribution in [1.82, 2.24) is 20.3 Å². The van der Waals surface area contributed by atoms with E-state index in [1.165, 1.54) is 11.8 Å². The van der Waals surface area contributed by atoms with Crippen LogP contribution in [0.1, 0.15) is 27.7 Å². The number of hydrogen-bond donors (Lipinski definition) is 0. The maximum absolute atomic E-state index is 12.5. The Labute approximate surface area is 170 Å². The molecule has 0 atom stereocenters. The second kappa shape index (κ2) is 8.70. The van der Waals surface area contributed by atoms with Crippen molar-refractivity contribution in [3.8, 4) is 11.5 Å². The summed E-state index contributed by atoms with van der Waals surface area (Å²) in [4.78, 5) is 16.8. The first-order valence-electron chi connectivity index (χ1n) is 8.74. The van der Waals surface area contributed by atoms with Gasteiger partial charge in [-0.15, -0.1) is 10.2 Å². The molecule has 0 radical (unpaired) electrons. The first kappa shape index (κ1) is 18.9. The Bertz CT molecular complexity index is 1110. The van der Waals surface area contributed by atoms with Crippen LogP contribution in [0.15, 0.2) is 68.7 Å². The maximum Gasteiger partial charge on any atom is 0.341 e. The summed E-state index contributed by atoms with van der Waals surface area (Å²) in [6.45, 7) is 1.70. The van der Waals surface area contributed by atoms with E-state index >= 15 is 0 Å². The number of aryl methyl sites for hydroxylation is 1. The summed E-state index contributed by atoms with van der Waals surface area (Å²) in [5.41, 5.74) is 1.93. The van der Waals surface area contributed by atoms with E-state index in [9.17, 15) is 4.79 Å². The number of carbonyl (C=O) groups excluding carboxylic acids is 1. The Balaban J connectivity index is 1.39. The molecule has 0 aliphatic heterocycles. The highest BCUT2D eigenvalue weighted by atomic mass is 32.2. The Morgan fingerprint density at radius 1 is 1.14 bits per heavy atom. The number of pyridine rings is 1. The first-order chi connectivity index (χ1) is 14.2. The van der Waals surface area contributed by atoms with Crippen LogP contribution >= 0.6 is 11.8 Å². The summed E-state index contributed by atoms with van der Waals surface area (Å²) >= 11 is 1.38. The molecule has 0 amide bonds. The van der Waals surface area contributed by atoms with Crippen LogP contribution in [0.5, 0.6) is 0 Å². The van der Waals surface area contributed by atoms with Gasteiger partial charge in [-0.1, -0.05) is 35.1 Å². The third-order valence-corrected chi connectivity index (χ3v) is 4.88. The van der Waals surface area contributed by atoms with Gasteiger partial charge in [-0.2, -0.15) is 0 Å². The Kier molecular flexibility index (Phi) is 5.66. The lowest BCUT2D eigenvalue weighted by Crippen LogP contribution is -2.08. The number of rotatable bonds is 7. The van der Waals surface area contributed by atoms with Crippen LogP contribution in [0, 0.1) is 6.92 Å². The van der Waals surface area contributed by atoms with Crippen molar-refractivity contribution >= 4 is 17.7 Å². The summed E-state index contributed by atoms with van der Waals surface area (Å²) in [7, 11) is 0. The van der Waals surface area contributed by atoms with Crippen LogP contribution in [0.3, 0.4) is 0 Å². The molecule has 8 nitrogen and oxygen atoms in total. The van der Waals surface area contributed by atoms with E-state index < -0.39 is 5.97 Å². The zero-order valence-electron chi connectivity index (χ0n) is 15.4. The van der Waals surface area contributed by atoms with E-state index in [1.807, 2.05) is 43.3 Å². The second-order valence-corrected chi connectivity index (χ2v) is 6.98. The molecule has 0 aliphatic rings. The van der Waals surface area contributed by atoms with Gasteiger partial charge in [0.15, 0.2) is 6.61 Å². The Morgan fingerprint density at radius 3 is 2.79 bits per heavy atom. The molecule has 9 heteroatoms. The molecule has 0 saturated carbocycles. The van der Waals surface area contributed by atoms with Gasteiger partial charge in [0.25, 0.3) is 5.89 Å². The Morgan fingerprint density at radius 2 is 2.00 bits per heavy atom. The van der Waals surface area contributed by atoms with Crippen LogP contribution in [0.2, 0.25) is 0 Å². The SMILES string of the molecule is Cc1cc(CSc2ncccc2C(=O)OCc2nnc(-c3ccccc3)o2)no1. The van der Waals surface area contributed by atoms with Crippen molar-refractivity contribution in [2.45, 2.75) is 24.3 Å². The van der Waals surface area contributed by atoms with E-state index in [0.29, 0.717) is 22.2 Å². The molecule has 3 heterocycles. The van der Waals surface area contributed by atoms with Crippen molar-refractivity contribution in [2.75, 3.05) is 0 Å². The van der Waals surface area contributed by atoms with Crippen LogP contribution in [-0.4, -0.2) is 26.3 Å². The third-order valence-electron chi connectivity index (χ3n) is 3.84. The van der Waals surface area contributed by atoms with Crippen molar-refractivity contribution < 1.29 is 18.5 Å². The van der Waals surface area contributed by atoms with Gasteiger partial charge in [0, 0.05) is 23.6 Å². The van der Waals surface area contributed by atoms with E-state index in [2.05, 4.69) is 20.3 Å². The summed E-state index contributed by atoms with van der Waals surface area (Å²) in [5, 5.41) is 12.4. The maximum atomic E-state index is 12.5. The van der Waals surface area contributed by atoms with E-state index in [1.54, 1.807) is 18.3 Å². The summed E-state index contributed by atoms with van der Waals surface area (Å²) in [6, 6.07) is 14.6. The van der Waals surface area contributed by atoms with E-state index in [4.69, 9.17) is 13.7 Å². The molecular weight excluding hydrogens is 392 g/mol. The fourth-order valence-corrected chi connectivity index (χ4v) is 3.37. The molecular formula is C20H16N4O4S. The number of nitrogens with zero attached hydrogens (tertiary/aromatic N) is 4. The molecule has 1 aromatic carbocycles. The number of esters is 1. The van der Waals surface area contributed by atoms with Crippen LogP contribution in [-0.2, 0) is 17.1 Å². The monoisotopic (exact) mass is 408 g/mol. The third kappa shape index (κ3) is 4.69. The van der Waals surface area contributed by atoms with Crippen LogP contribution in [0.4, 0.5) is 0 Å². The van der Waals surface area contributed by atoms with Crippen molar-refractivity contribution in [2.24, 2.45) is 0 Å². The summed E-state index contributed by atoms with van der Waals surface area (Å²) in [5.74, 6) is 1.33. The molecule has 0 spiro atoms. The van der Waals surface area contributed by atoms with Gasteiger partial charge in [-0.05, 0) is 31.2 Å². The van der Waals surface area contributed by atoms with Gasteiger partial charge >= 0.3 is 5.97 Å². The number of hydrogen-bond acceptors (Lipinski definition) is 9. The van der Waals surface area contributed by atoms with Crippen LogP contribution < -0.4 is 0 Å². The molecule has 0 aliphatic carbocycles. The van der Waals surface area contributed by atoms with E-state index in [-0.39, 0.29) is 12.5 Å². The highest BCUT2D eigenvalue weighted by molar-refractivity contribution is 7.98. The number of ether oxygens (including phenoxy) is 1. The quantitative estimate of drug-likeness (QED) is 0.330. The number of aromatic nitrogens is 4. The van der Waals surface area contributed by atoms with Gasteiger partial charge in [-0.3, -0.25) is 0 Å². The van der Waals surface area contributed by atoms with E-state index in [0.717, 1.165) is 17.0 Å². The minimum Gasteiger partial charge on any atom is -0.452 e. The molecule has 0 fully saturated rings. The second-order valence-electron chi connectivity index (χ2n) is 6.02. The van der Waals surface area contributed by atoms with Crippen LogP contribution in [0.25, 0.3) is 11.5 Å². The van der Waals surface area contributed by atoms with Crippen molar-refractivity contribution in [3.05, 3.63) is 77.6 Å². The van der Waals surface area contributed by atoms with Crippen molar-refractivity contribution in [3.63, 3.8) is 0 Å². The Hall–Kier alpha value is -3.46. The summed E-state index contributed by atoms with van der Waals surface area (Å²) < 4.78 is 15.9. The smallest absolute Gasteiger partial charge is 0.341 e. The highest BCUT2D eigenvalue weighted by Gasteiger charge is 2.17. The molecule has 4 rings (SSSR count). The van der Waals surface area contributed by atoms with Gasteiger partial charge in [-0.25, -0.2) is 9.78 Å². The zero-order valence-corrected chi connectivity index (χ0v) is 16.3. The molecule has 4 aromatic rings. The van der Waals surface area contributed by atoms with Gasteiger partial charge in [0.2, 0.25) is 5.89 Å². The lowest BCUT2D eigenvalue weighted by atomic mass is 10.2. The fraction of sp³-hybridized carbons (Fsp3) is 0.150. The van der Waals surface area contributed by atoms with Gasteiger partial charge in [0.05, 0.1) is 11.3 Å². The molecule has 3 aromatic heterocycles. The molecule has 29 heavy (non-hydrogen) atoms. The average Bonchev–Trinajstić information content (AvgIpc) is 3.40. The molecule has 0 unspecified atom stereocenters. The minimum absolute atomic E-state index is 0.125. The highest BCUT2D eigenvalue weighted by Crippen LogP contribution is 2.25. The average molecular weight is 408 g/mol. The minimum atomic E-state index is -0.517. The topological polar surface area (TPSA) is 104 Å². The van der Waals surface area contributed by atoms with Crippen molar-refractivity contribution in [1.29, 1.82) is 0 Å². The largest absolute Gasteiger partial charge is 0.452 e. The molecule has 146 valence electrons. The molecule has 0 bridgehead atoms. The molecule has 0 N–H and O–H groups in total. The van der Waals surface area contributed by atoms with Gasteiger partial charge < -0.3 is 13.7 Å². The predicted molar refractivity (Wildman–Crippen MR) is 104 cm³/mol. The van der Waals surface area contributed by atoms with Gasteiger partial charge in [0.1, 0.15) is 10.8 Å². The fourth-order valence-electron chi connectivity index (χ4n) is 2.50. The lowest BCUT2D eigenvalue weighted by Gasteiger charge is -2.06. The molecule has 0 saturated heterocycles. The normalized spacial score (nSPS) is 10.8. The first-order valence-corrected chi connectivity index (χ1v) is 9.72.